The lowest BCUT2D eigenvalue weighted by Gasteiger charge is -2.08. The van der Waals surface area contributed by atoms with Gasteiger partial charge in [0, 0.05) is 25.4 Å². The smallest absolute Gasteiger partial charge is 0.337 e. The Morgan fingerprint density at radius 1 is 1.32 bits per heavy atom. The predicted octanol–water partition coefficient (Wildman–Crippen LogP) is 2.67. The highest BCUT2D eigenvalue weighted by Crippen LogP contribution is 2.10. The summed E-state index contributed by atoms with van der Waals surface area (Å²) in [5.74, 6) is 0.792. The van der Waals surface area contributed by atoms with E-state index in [1.807, 2.05) is 24.5 Å². The molecule has 0 N–H and O–H groups in total. The minimum Gasteiger partial charge on any atom is -0.465 e. The molecule has 100 valence electrons. The molecule has 0 amide bonds. The standard InChI is InChI=1S/C15H18N2O2/c1-3-4-14-16-9-10-17(14)11-12-5-7-13(8-6-12)15(18)19-2/h5-10H,3-4,11H2,1-2H3. The number of rotatable bonds is 5. The van der Waals surface area contributed by atoms with Gasteiger partial charge in [-0.25, -0.2) is 9.78 Å². The van der Waals surface area contributed by atoms with Crippen molar-refractivity contribution >= 4 is 5.97 Å². The van der Waals surface area contributed by atoms with Crippen LogP contribution >= 0.6 is 0 Å². The normalized spacial score (nSPS) is 10.4. The van der Waals surface area contributed by atoms with Gasteiger partial charge in [0.15, 0.2) is 0 Å². The first kappa shape index (κ1) is 13.3. The van der Waals surface area contributed by atoms with Crippen molar-refractivity contribution in [3.05, 3.63) is 53.6 Å². The lowest BCUT2D eigenvalue weighted by Crippen LogP contribution is -2.05. The molecular weight excluding hydrogens is 240 g/mol. The number of carbonyl (C=O) groups excluding carboxylic acids is 1. The van der Waals surface area contributed by atoms with Crippen molar-refractivity contribution < 1.29 is 9.53 Å². The minimum absolute atomic E-state index is 0.305. The van der Waals surface area contributed by atoms with Crippen molar-refractivity contribution in [3.8, 4) is 0 Å². The van der Waals surface area contributed by atoms with E-state index in [0.29, 0.717) is 5.56 Å². The molecule has 0 aliphatic rings. The first-order chi connectivity index (χ1) is 9.24. The molecule has 1 aromatic carbocycles. The van der Waals surface area contributed by atoms with Crippen molar-refractivity contribution in [3.63, 3.8) is 0 Å². The molecule has 0 saturated heterocycles. The number of esters is 1. The molecule has 0 fully saturated rings. The quantitative estimate of drug-likeness (QED) is 0.774. The highest BCUT2D eigenvalue weighted by molar-refractivity contribution is 5.89. The Kier molecular flexibility index (Phi) is 4.34. The summed E-state index contributed by atoms with van der Waals surface area (Å²) in [7, 11) is 1.39. The fraction of sp³-hybridized carbons (Fsp3) is 0.333. The third-order valence-corrected chi connectivity index (χ3v) is 3.00. The van der Waals surface area contributed by atoms with Crippen molar-refractivity contribution in [2.75, 3.05) is 7.11 Å². The third kappa shape index (κ3) is 3.22. The number of aryl methyl sites for hydroxylation is 1. The molecular formula is C15H18N2O2. The molecule has 2 aromatic rings. The molecule has 0 atom stereocenters. The zero-order valence-corrected chi connectivity index (χ0v) is 11.3. The summed E-state index contributed by atoms with van der Waals surface area (Å²) in [5, 5.41) is 0. The van der Waals surface area contributed by atoms with E-state index >= 15 is 0 Å². The second-order valence-electron chi connectivity index (χ2n) is 4.41. The van der Waals surface area contributed by atoms with Gasteiger partial charge in [-0.05, 0) is 24.1 Å². The van der Waals surface area contributed by atoms with Crippen LogP contribution in [0.15, 0.2) is 36.7 Å². The summed E-state index contributed by atoms with van der Waals surface area (Å²) in [6.07, 6.45) is 5.87. The third-order valence-electron chi connectivity index (χ3n) is 3.00. The SMILES string of the molecule is CCCc1nccn1Cc1ccc(C(=O)OC)cc1. The molecule has 4 nitrogen and oxygen atoms in total. The van der Waals surface area contributed by atoms with E-state index in [1.165, 1.54) is 7.11 Å². The summed E-state index contributed by atoms with van der Waals surface area (Å²) in [6.45, 7) is 2.92. The lowest BCUT2D eigenvalue weighted by molar-refractivity contribution is 0.0600. The molecule has 0 aliphatic carbocycles. The van der Waals surface area contributed by atoms with Gasteiger partial charge in [-0.3, -0.25) is 0 Å². The second-order valence-corrected chi connectivity index (χ2v) is 4.41. The van der Waals surface area contributed by atoms with Crippen LogP contribution in [0.1, 0.15) is 35.1 Å². The first-order valence-corrected chi connectivity index (χ1v) is 6.42. The van der Waals surface area contributed by atoms with Gasteiger partial charge < -0.3 is 9.30 Å². The van der Waals surface area contributed by atoms with Crippen molar-refractivity contribution in [1.82, 2.24) is 9.55 Å². The van der Waals surface area contributed by atoms with E-state index < -0.39 is 0 Å². The van der Waals surface area contributed by atoms with Gasteiger partial charge in [0.1, 0.15) is 5.82 Å². The summed E-state index contributed by atoms with van der Waals surface area (Å²) in [4.78, 5) is 15.7. The average Bonchev–Trinajstić information content (AvgIpc) is 2.86. The lowest BCUT2D eigenvalue weighted by atomic mass is 10.1. The number of aromatic nitrogens is 2. The van der Waals surface area contributed by atoms with Crippen LogP contribution in [0.25, 0.3) is 0 Å². The highest BCUT2D eigenvalue weighted by atomic mass is 16.5. The van der Waals surface area contributed by atoms with E-state index in [0.717, 1.165) is 30.8 Å². The van der Waals surface area contributed by atoms with Crippen molar-refractivity contribution in [2.24, 2.45) is 0 Å². The van der Waals surface area contributed by atoms with Crippen LogP contribution in [0.5, 0.6) is 0 Å². The zero-order chi connectivity index (χ0) is 13.7. The molecule has 1 heterocycles. The summed E-state index contributed by atoms with van der Waals surface area (Å²) >= 11 is 0. The maximum absolute atomic E-state index is 11.3. The Bertz CT molecular complexity index is 544. The van der Waals surface area contributed by atoms with Gasteiger partial charge in [-0.1, -0.05) is 19.1 Å². The van der Waals surface area contributed by atoms with Crippen LogP contribution in [0.4, 0.5) is 0 Å². The molecule has 0 spiro atoms. The summed E-state index contributed by atoms with van der Waals surface area (Å²) in [5.41, 5.74) is 1.72. The number of hydrogen-bond donors (Lipinski definition) is 0. The molecule has 0 unspecified atom stereocenters. The van der Waals surface area contributed by atoms with Crippen LogP contribution in [0.2, 0.25) is 0 Å². The van der Waals surface area contributed by atoms with Gasteiger partial charge in [0.25, 0.3) is 0 Å². The fourth-order valence-electron chi connectivity index (χ4n) is 2.00. The largest absolute Gasteiger partial charge is 0.465 e. The molecule has 1 aromatic heterocycles. The monoisotopic (exact) mass is 258 g/mol. The van der Waals surface area contributed by atoms with Crippen molar-refractivity contribution in [1.29, 1.82) is 0 Å². The second kappa shape index (κ2) is 6.18. The van der Waals surface area contributed by atoms with Crippen LogP contribution < -0.4 is 0 Å². The number of benzene rings is 1. The van der Waals surface area contributed by atoms with Gasteiger partial charge in [-0.2, -0.15) is 0 Å². The maximum Gasteiger partial charge on any atom is 0.337 e. The molecule has 0 saturated carbocycles. The van der Waals surface area contributed by atoms with Crippen molar-refractivity contribution in [2.45, 2.75) is 26.3 Å². The number of nitrogens with zero attached hydrogens (tertiary/aromatic N) is 2. The summed E-state index contributed by atoms with van der Waals surface area (Å²) < 4.78 is 6.81. The first-order valence-electron chi connectivity index (χ1n) is 6.42. The highest BCUT2D eigenvalue weighted by Gasteiger charge is 2.06. The van der Waals surface area contributed by atoms with Gasteiger partial charge in [0.05, 0.1) is 12.7 Å². The Balaban J connectivity index is 2.11. The Labute approximate surface area is 113 Å². The van der Waals surface area contributed by atoms with Crippen LogP contribution in [-0.4, -0.2) is 22.6 Å². The fourth-order valence-corrected chi connectivity index (χ4v) is 2.00. The van der Waals surface area contributed by atoms with Crippen LogP contribution in [0, 0.1) is 0 Å². The Morgan fingerprint density at radius 2 is 2.05 bits per heavy atom. The maximum atomic E-state index is 11.3. The minimum atomic E-state index is -0.305. The topological polar surface area (TPSA) is 44.1 Å². The summed E-state index contributed by atoms with van der Waals surface area (Å²) in [6, 6.07) is 7.47. The van der Waals surface area contributed by atoms with E-state index in [9.17, 15) is 4.79 Å². The molecule has 0 aliphatic heterocycles. The molecule has 19 heavy (non-hydrogen) atoms. The van der Waals surface area contributed by atoms with Crippen LogP contribution in [-0.2, 0) is 17.7 Å². The number of imidazole rings is 1. The molecule has 0 bridgehead atoms. The number of hydrogen-bond acceptors (Lipinski definition) is 3. The molecule has 2 rings (SSSR count). The molecule has 0 radical (unpaired) electrons. The Hall–Kier alpha value is -2.10. The van der Waals surface area contributed by atoms with E-state index in [2.05, 4.69) is 21.2 Å². The van der Waals surface area contributed by atoms with E-state index in [4.69, 9.17) is 0 Å². The van der Waals surface area contributed by atoms with E-state index in [1.54, 1.807) is 12.1 Å². The number of carbonyl (C=O) groups is 1. The van der Waals surface area contributed by atoms with Crippen LogP contribution in [0.3, 0.4) is 0 Å². The number of methoxy groups -OCH3 is 1. The van der Waals surface area contributed by atoms with Gasteiger partial charge >= 0.3 is 5.97 Å². The number of ether oxygens (including phenoxy) is 1. The zero-order valence-electron chi connectivity index (χ0n) is 11.3. The Morgan fingerprint density at radius 3 is 2.68 bits per heavy atom. The van der Waals surface area contributed by atoms with Gasteiger partial charge in [-0.15, -0.1) is 0 Å². The van der Waals surface area contributed by atoms with Gasteiger partial charge in [0.2, 0.25) is 0 Å². The average molecular weight is 258 g/mol. The predicted molar refractivity (Wildman–Crippen MR) is 73.1 cm³/mol. The molecule has 4 heteroatoms. The van der Waals surface area contributed by atoms with E-state index in [-0.39, 0.29) is 5.97 Å².